The smallest absolute Gasteiger partial charge is 0.220 e. The van der Waals surface area contributed by atoms with Crippen LogP contribution in [0.5, 0.6) is 0 Å². The molecule has 0 saturated carbocycles. The number of amides is 1. The highest BCUT2D eigenvalue weighted by Crippen LogP contribution is 2.01. The number of rotatable bonds is 5. The van der Waals surface area contributed by atoms with Crippen LogP contribution in [0.1, 0.15) is 32.8 Å². The molecule has 1 aromatic carbocycles. The van der Waals surface area contributed by atoms with Crippen LogP contribution in [0.15, 0.2) is 30.3 Å². The molecule has 0 spiro atoms. The summed E-state index contributed by atoms with van der Waals surface area (Å²) in [5.74, 6) is -0.0999. The fourth-order valence-electron chi connectivity index (χ4n) is 1.21. The molecule has 0 bridgehead atoms. The number of hydrogen-bond acceptors (Lipinski definition) is 2. The van der Waals surface area contributed by atoms with Gasteiger partial charge in [0.05, 0.1) is 6.54 Å². The highest BCUT2D eigenvalue weighted by Gasteiger charge is 2.02. The van der Waals surface area contributed by atoms with Crippen LogP contribution in [-0.4, -0.2) is 18.2 Å². The maximum absolute atomic E-state index is 11.3. The Hall–Kier alpha value is -2.08. The van der Waals surface area contributed by atoms with Gasteiger partial charge < -0.3 is 5.32 Å². The van der Waals surface area contributed by atoms with Gasteiger partial charge in [0.1, 0.15) is 5.78 Å². The summed E-state index contributed by atoms with van der Waals surface area (Å²) >= 11 is 0. The number of benzene rings is 1. The van der Waals surface area contributed by atoms with Gasteiger partial charge in [-0.25, -0.2) is 0 Å². The van der Waals surface area contributed by atoms with Crippen LogP contribution in [0.3, 0.4) is 0 Å². The van der Waals surface area contributed by atoms with E-state index in [0.717, 1.165) is 5.56 Å². The van der Waals surface area contributed by atoms with Gasteiger partial charge >= 0.3 is 0 Å². The zero-order valence-electron chi connectivity index (χ0n) is 12.0. The second-order valence-corrected chi connectivity index (χ2v) is 3.46. The number of aryl methyl sites for hydroxylation is 1. The molecule has 0 aromatic heterocycles. The Morgan fingerprint density at radius 3 is 2.11 bits per heavy atom. The van der Waals surface area contributed by atoms with Crippen molar-refractivity contribution in [2.75, 3.05) is 6.54 Å². The molecule has 19 heavy (non-hydrogen) atoms. The topological polar surface area (TPSA) is 46.2 Å². The fourth-order valence-corrected chi connectivity index (χ4v) is 1.21. The summed E-state index contributed by atoms with van der Waals surface area (Å²) in [4.78, 5) is 21.9. The fraction of sp³-hybridized carbons (Fsp3) is 0.375. The van der Waals surface area contributed by atoms with Crippen LogP contribution in [0.2, 0.25) is 0 Å². The Kier molecular flexibility index (Phi) is 14.2. The van der Waals surface area contributed by atoms with Gasteiger partial charge in [-0.05, 0) is 18.9 Å². The predicted octanol–water partition coefficient (Wildman–Crippen LogP) is 2.60. The molecule has 0 aliphatic rings. The lowest BCUT2D eigenvalue weighted by atomic mass is 10.1. The maximum atomic E-state index is 11.3. The lowest BCUT2D eigenvalue weighted by Crippen LogP contribution is -2.28. The number of terminal acetylenes is 1. The van der Waals surface area contributed by atoms with E-state index in [-0.39, 0.29) is 18.2 Å². The average Bonchev–Trinajstić information content (AvgIpc) is 2.48. The van der Waals surface area contributed by atoms with E-state index in [1.165, 1.54) is 6.92 Å². The second-order valence-electron chi connectivity index (χ2n) is 3.46. The van der Waals surface area contributed by atoms with Crippen molar-refractivity contribution < 1.29 is 9.59 Å². The predicted molar refractivity (Wildman–Crippen MR) is 79.7 cm³/mol. The monoisotopic (exact) mass is 261 g/mol. The number of carbonyl (C=O) groups excluding carboxylic acids is 2. The number of carbonyl (C=O) groups is 2. The summed E-state index contributed by atoms with van der Waals surface area (Å²) in [7, 11) is 0. The zero-order chi connectivity index (χ0) is 15.1. The number of hydrogen-bond donors (Lipinski definition) is 1. The van der Waals surface area contributed by atoms with Gasteiger partial charge in [0, 0.05) is 6.42 Å². The zero-order valence-corrected chi connectivity index (χ0v) is 12.0. The first kappa shape index (κ1) is 19.3. The largest absolute Gasteiger partial charge is 0.349 e. The summed E-state index contributed by atoms with van der Waals surface area (Å²) in [6.45, 7) is 5.59. The van der Waals surface area contributed by atoms with Gasteiger partial charge in [-0.1, -0.05) is 44.2 Å². The van der Waals surface area contributed by atoms with Crippen molar-refractivity contribution in [3.05, 3.63) is 35.9 Å². The molecule has 1 aromatic rings. The molecule has 0 aliphatic heterocycles. The summed E-state index contributed by atoms with van der Waals surface area (Å²) in [5, 5.41) is 2.56. The third-order valence-electron chi connectivity index (χ3n) is 2.02. The van der Waals surface area contributed by atoms with Crippen LogP contribution >= 0.6 is 0 Å². The quantitative estimate of drug-likeness (QED) is 0.828. The van der Waals surface area contributed by atoms with Gasteiger partial charge in [-0.15, -0.1) is 12.8 Å². The van der Waals surface area contributed by atoms with E-state index in [4.69, 9.17) is 0 Å². The van der Waals surface area contributed by atoms with E-state index in [1.54, 1.807) is 0 Å². The normalized spacial score (nSPS) is 8.05. The Bertz CT molecular complexity index is 369. The van der Waals surface area contributed by atoms with Crippen molar-refractivity contribution in [1.29, 1.82) is 0 Å². The van der Waals surface area contributed by atoms with Crippen molar-refractivity contribution >= 4 is 11.7 Å². The molecule has 0 aliphatic carbocycles. The number of ketones is 1. The van der Waals surface area contributed by atoms with Crippen molar-refractivity contribution in [2.24, 2.45) is 0 Å². The average molecular weight is 261 g/mol. The van der Waals surface area contributed by atoms with Crippen molar-refractivity contribution in [3.8, 4) is 12.8 Å². The minimum Gasteiger partial charge on any atom is -0.349 e. The van der Waals surface area contributed by atoms with Crippen LogP contribution in [-0.2, 0) is 16.0 Å². The molecule has 0 unspecified atom stereocenters. The van der Waals surface area contributed by atoms with Gasteiger partial charge in [0.2, 0.25) is 5.91 Å². The van der Waals surface area contributed by atoms with E-state index in [2.05, 4.69) is 18.2 Å². The minimum absolute atomic E-state index is 0.0249. The number of nitrogens with one attached hydrogen (secondary N) is 1. The molecule has 0 fully saturated rings. The highest BCUT2D eigenvalue weighted by atomic mass is 16.2. The first-order valence-corrected chi connectivity index (χ1v) is 6.32. The molecule has 3 nitrogen and oxygen atoms in total. The minimum atomic E-state index is -0.0750. The molecule has 0 atom stereocenters. The van der Waals surface area contributed by atoms with E-state index < -0.39 is 0 Å². The second kappa shape index (κ2) is 14.0. The molecule has 0 saturated heterocycles. The molecule has 1 N–H and O–H groups in total. The standard InChI is InChI=1S/C12H15NO2.C2H6.C2H2/c1-10(14)9-13-12(15)8-7-11-5-3-2-4-6-11;2*1-2/h2-6H,7-9H2,1H3,(H,13,15);1-2H3;1-2H. The summed E-state index contributed by atoms with van der Waals surface area (Å²) in [6.07, 6.45) is 9.14. The van der Waals surface area contributed by atoms with E-state index in [9.17, 15) is 9.59 Å². The van der Waals surface area contributed by atoms with Gasteiger partial charge in [-0.3, -0.25) is 9.59 Å². The molecule has 1 rings (SSSR count). The van der Waals surface area contributed by atoms with Gasteiger partial charge in [0.15, 0.2) is 0 Å². The van der Waals surface area contributed by atoms with Crippen LogP contribution < -0.4 is 5.32 Å². The van der Waals surface area contributed by atoms with E-state index >= 15 is 0 Å². The van der Waals surface area contributed by atoms with E-state index in [1.807, 2.05) is 44.2 Å². The molecule has 0 heterocycles. The molecule has 1 amide bonds. The van der Waals surface area contributed by atoms with E-state index in [0.29, 0.717) is 12.8 Å². The first-order chi connectivity index (χ1) is 9.18. The Labute approximate surface area is 116 Å². The molecule has 3 heteroatoms. The first-order valence-electron chi connectivity index (χ1n) is 6.32. The molecular weight excluding hydrogens is 238 g/mol. The summed E-state index contributed by atoms with van der Waals surface area (Å²) < 4.78 is 0. The van der Waals surface area contributed by atoms with Crippen molar-refractivity contribution in [3.63, 3.8) is 0 Å². The summed E-state index contributed by atoms with van der Waals surface area (Å²) in [6, 6.07) is 9.81. The van der Waals surface area contributed by atoms with Crippen LogP contribution in [0, 0.1) is 12.8 Å². The summed E-state index contributed by atoms with van der Waals surface area (Å²) in [5.41, 5.74) is 1.13. The van der Waals surface area contributed by atoms with Gasteiger partial charge in [0.25, 0.3) is 0 Å². The third kappa shape index (κ3) is 12.2. The highest BCUT2D eigenvalue weighted by molar-refractivity contribution is 5.84. The molecule has 104 valence electrons. The van der Waals surface area contributed by atoms with Crippen LogP contribution in [0.25, 0.3) is 0 Å². The lowest BCUT2D eigenvalue weighted by molar-refractivity contribution is -0.124. The van der Waals surface area contributed by atoms with Crippen LogP contribution in [0.4, 0.5) is 0 Å². The lowest BCUT2D eigenvalue weighted by Gasteiger charge is -2.02. The maximum Gasteiger partial charge on any atom is 0.220 e. The third-order valence-corrected chi connectivity index (χ3v) is 2.02. The molecule has 0 radical (unpaired) electrons. The van der Waals surface area contributed by atoms with Crippen molar-refractivity contribution in [2.45, 2.75) is 33.6 Å². The van der Waals surface area contributed by atoms with Gasteiger partial charge in [-0.2, -0.15) is 0 Å². The Balaban J connectivity index is 0. The Morgan fingerprint density at radius 2 is 1.63 bits per heavy atom. The molecular formula is C16H23NO2. The van der Waals surface area contributed by atoms with Crippen molar-refractivity contribution in [1.82, 2.24) is 5.32 Å². The Morgan fingerprint density at radius 1 is 1.11 bits per heavy atom. The SMILES string of the molecule is C#C.CC.CC(=O)CNC(=O)CCc1ccccc1. The number of Topliss-reactive ketones (excluding diaryl/α,β-unsaturated/α-hetero) is 1.